The van der Waals surface area contributed by atoms with Gasteiger partial charge in [0.25, 0.3) is 0 Å². The maximum atomic E-state index is 10.1. The maximum absolute atomic E-state index is 10.1. The third-order valence-electron chi connectivity index (χ3n) is 4.24. The molecule has 4 unspecified atom stereocenters. The molecule has 2 aliphatic rings. The van der Waals surface area contributed by atoms with Gasteiger partial charge in [0.05, 0.1) is 19.3 Å². The van der Waals surface area contributed by atoms with Gasteiger partial charge in [-0.15, -0.1) is 0 Å². The van der Waals surface area contributed by atoms with E-state index < -0.39 is 74.4 Å². The van der Waals surface area contributed by atoms with Crippen molar-refractivity contribution >= 4 is 0 Å². The molecule has 0 aromatic heterocycles. The molecule has 0 bridgehead atoms. The van der Waals surface area contributed by atoms with Gasteiger partial charge >= 0.3 is 0 Å². The van der Waals surface area contributed by atoms with Crippen LogP contribution in [0.2, 0.25) is 0 Å². The first-order chi connectivity index (χ1) is 10.8. The van der Waals surface area contributed by atoms with Gasteiger partial charge in [0.2, 0.25) is 0 Å². The lowest BCUT2D eigenvalue weighted by atomic mass is 9.95. The smallest absolute Gasteiger partial charge is 0.187 e. The zero-order valence-corrected chi connectivity index (χ0v) is 12.5. The molecule has 0 aliphatic carbocycles. The average Bonchev–Trinajstić information content (AvgIpc) is 2.55. The van der Waals surface area contributed by atoms with Gasteiger partial charge in [0.15, 0.2) is 6.29 Å². The molecule has 0 amide bonds. The lowest BCUT2D eigenvalue weighted by Crippen LogP contribution is -2.64. The quantitative estimate of drug-likeness (QED) is 0.265. The van der Waals surface area contributed by atoms with E-state index in [2.05, 4.69) is 0 Å². The molecular weight excluding hydrogens is 316 g/mol. The van der Waals surface area contributed by atoms with Gasteiger partial charge < -0.3 is 50.0 Å². The van der Waals surface area contributed by atoms with E-state index in [1.807, 2.05) is 0 Å². The number of hydrogen-bond donors (Lipinski definition) is 7. The summed E-state index contributed by atoms with van der Waals surface area (Å²) in [4.78, 5) is 0. The summed E-state index contributed by atoms with van der Waals surface area (Å²) in [5, 5.41) is 67.8. The summed E-state index contributed by atoms with van der Waals surface area (Å²) in [6.07, 6.45) is -13.2. The zero-order valence-electron chi connectivity index (χ0n) is 12.5. The normalized spacial score (nSPS) is 51.7. The highest BCUT2D eigenvalue weighted by atomic mass is 16.7. The first kappa shape index (κ1) is 18.9. The molecule has 2 heterocycles. The van der Waals surface area contributed by atoms with Crippen molar-refractivity contribution in [2.45, 2.75) is 68.1 Å². The summed E-state index contributed by atoms with van der Waals surface area (Å²) in [6.45, 7) is 0.369. The summed E-state index contributed by atoms with van der Waals surface area (Å²) in [5.41, 5.74) is 0. The minimum absolute atomic E-state index is 0.518. The lowest BCUT2D eigenvalue weighted by molar-refractivity contribution is -0.341. The molecule has 7 N–H and O–H groups in total. The zero-order chi connectivity index (χ0) is 17.3. The first-order valence-corrected chi connectivity index (χ1v) is 7.40. The predicted octanol–water partition coefficient (Wildman–Crippen LogP) is -4.33. The molecule has 10 nitrogen and oxygen atoms in total. The molecule has 0 spiro atoms. The highest BCUT2D eigenvalue weighted by Crippen LogP contribution is 2.28. The van der Waals surface area contributed by atoms with Crippen LogP contribution in [0.1, 0.15) is 6.92 Å². The van der Waals surface area contributed by atoms with Gasteiger partial charge in [-0.3, -0.25) is 0 Å². The standard InChI is InChI=1S/C13H24O10/c1-4-7(16)10(19)12(6(3-15)21-4)23-13-11(20)9(18)8(17)5(2-14)22-13/h4-20H,2-3H2,1H3/t4-,5?,6?,7-,8-,9?,10?,11+,12-,13-/m0/s1. The van der Waals surface area contributed by atoms with E-state index in [9.17, 15) is 30.6 Å². The molecule has 23 heavy (non-hydrogen) atoms. The second-order valence-electron chi connectivity index (χ2n) is 5.84. The van der Waals surface area contributed by atoms with Crippen LogP contribution in [-0.2, 0) is 14.2 Å². The monoisotopic (exact) mass is 340 g/mol. The molecule has 2 saturated heterocycles. The van der Waals surface area contributed by atoms with Crippen LogP contribution in [-0.4, -0.2) is 110 Å². The van der Waals surface area contributed by atoms with Crippen LogP contribution in [0, 0.1) is 0 Å². The summed E-state index contributed by atoms with van der Waals surface area (Å²) in [6, 6.07) is 0. The highest BCUT2D eigenvalue weighted by molar-refractivity contribution is 4.94. The van der Waals surface area contributed by atoms with Crippen LogP contribution in [0.15, 0.2) is 0 Å². The van der Waals surface area contributed by atoms with Crippen LogP contribution in [0.4, 0.5) is 0 Å². The van der Waals surface area contributed by atoms with Crippen LogP contribution in [0.25, 0.3) is 0 Å². The average molecular weight is 340 g/mol. The van der Waals surface area contributed by atoms with E-state index in [1.165, 1.54) is 6.92 Å². The number of aliphatic hydroxyl groups excluding tert-OH is 7. The van der Waals surface area contributed by atoms with Gasteiger partial charge in [0.1, 0.15) is 48.8 Å². The molecule has 2 fully saturated rings. The second kappa shape index (κ2) is 7.66. The van der Waals surface area contributed by atoms with Crippen LogP contribution in [0.5, 0.6) is 0 Å². The Balaban J connectivity index is 2.11. The lowest BCUT2D eigenvalue weighted by Gasteiger charge is -2.45. The largest absolute Gasteiger partial charge is 0.394 e. The molecular formula is C13H24O10. The topological polar surface area (TPSA) is 169 Å². The fourth-order valence-electron chi connectivity index (χ4n) is 2.78. The predicted molar refractivity (Wildman–Crippen MR) is 72.1 cm³/mol. The molecule has 0 aromatic carbocycles. The van der Waals surface area contributed by atoms with Gasteiger partial charge in [-0.2, -0.15) is 0 Å². The Morgan fingerprint density at radius 1 is 0.739 bits per heavy atom. The third-order valence-corrected chi connectivity index (χ3v) is 4.24. The summed E-state index contributed by atoms with van der Waals surface area (Å²) < 4.78 is 15.9. The van der Waals surface area contributed by atoms with Gasteiger partial charge in [-0.1, -0.05) is 0 Å². The van der Waals surface area contributed by atoms with Crippen molar-refractivity contribution in [3.05, 3.63) is 0 Å². The number of rotatable bonds is 4. The number of aliphatic hydroxyl groups is 7. The van der Waals surface area contributed by atoms with E-state index in [0.717, 1.165) is 0 Å². The van der Waals surface area contributed by atoms with E-state index in [1.54, 1.807) is 0 Å². The van der Waals surface area contributed by atoms with Gasteiger partial charge in [-0.25, -0.2) is 0 Å². The van der Waals surface area contributed by atoms with Crippen LogP contribution >= 0.6 is 0 Å². The van der Waals surface area contributed by atoms with E-state index in [-0.39, 0.29) is 0 Å². The van der Waals surface area contributed by atoms with E-state index >= 15 is 0 Å². The Kier molecular flexibility index (Phi) is 6.30. The Morgan fingerprint density at radius 3 is 1.91 bits per heavy atom. The van der Waals surface area contributed by atoms with Crippen molar-refractivity contribution in [3.63, 3.8) is 0 Å². The Hall–Kier alpha value is -0.400. The molecule has 0 aromatic rings. The van der Waals surface area contributed by atoms with Gasteiger partial charge in [-0.05, 0) is 6.92 Å². The number of hydrogen-bond acceptors (Lipinski definition) is 10. The molecule has 2 aliphatic heterocycles. The van der Waals surface area contributed by atoms with Crippen molar-refractivity contribution < 1.29 is 50.0 Å². The van der Waals surface area contributed by atoms with Crippen molar-refractivity contribution in [1.82, 2.24) is 0 Å². The SMILES string of the molecule is C[C@@H]1OC(CO)[C@H](O[C@@H]2OC(CO)[C@H](O)C(O)[C@H]2O)C(O)[C@H]1O. The highest BCUT2D eigenvalue weighted by Gasteiger charge is 2.49. The molecule has 10 heteroatoms. The molecule has 2 rings (SSSR count). The fraction of sp³-hybridized carbons (Fsp3) is 1.00. The maximum Gasteiger partial charge on any atom is 0.187 e. The van der Waals surface area contributed by atoms with Crippen LogP contribution in [0.3, 0.4) is 0 Å². The molecule has 136 valence electrons. The Labute approximate surface area is 132 Å². The third kappa shape index (κ3) is 3.66. The minimum Gasteiger partial charge on any atom is -0.394 e. The van der Waals surface area contributed by atoms with E-state index in [0.29, 0.717) is 0 Å². The second-order valence-corrected chi connectivity index (χ2v) is 5.84. The van der Waals surface area contributed by atoms with E-state index in [4.69, 9.17) is 19.3 Å². The molecule has 0 radical (unpaired) electrons. The molecule has 10 atom stereocenters. The first-order valence-electron chi connectivity index (χ1n) is 7.40. The minimum atomic E-state index is -1.66. The van der Waals surface area contributed by atoms with Gasteiger partial charge in [0, 0.05) is 0 Å². The summed E-state index contributed by atoms with van der Waals surface area (Å²) in [7, 11) is 0. The van der Waals surface area contributed by atoms with Crippen molar-refractivity contribution in [2.75, 3.05) is 13.2 Å². The van der Waals surface area contributed by atoms with Crippen LogP contribution < -0.4 is 0 Å². The number of ether oxygens (including phenoxy) is 3. The van der Waals surface area contributed by atoms with Crippen molar-refractivity contribution in [2.24, 2.45) is 0 Å². The Morgan fingerprint density at radius 2 is 1.35 bits per heavy atom. The Bertz CT molecular complexity index is 378. The summed E-state index contributed by atoms with van der Waals surface area (Å²) in [5.74, 6) is 0. The van der Waals surface area contributed by atoms with Crippen molar-refractivity contribution in [1.29, 1.82) is 0 Å². The fourth-order valence-corrected chi connectivity index (χ4v) is 2.78. The van der Waals surface area contributed by atoms with Crippen molar-refractivity contribution in [3.8, 4) is 0 Å². The summed E-state index contributed by atoms with van der Waals surface area (Å²) >= 11 is 0. The molecule has 0 saturated carbocycles.